The van der Waals surface area contributed by atoms with Crippen LogP contribution >= 0.6 is 0 Å². The number of halogens is 1. The lowest BCUT2D eigenvalue weighted by molar-refractivity contribution is 0.630. The lowest BCUT2D eigenvalue weighted by Gasteiger charge is -2.22. The molecule has 31 heavy (non-hydrogen) atoms. The van der Waals surface area contributed by atoms with Crippen molar-refractivity contribution in [2.45, 2.75) is 19.4 Å². The van der Waals surface area contributed by atoms with Gasteiger partial charge in [-0.05, 0) is 36.8 Å². The molecule has 5 rings (SSSR count). The van der Waals surface area contributed by atoms with Crippen molar-refractivity contribution in [2.75, 3.05) is 5.32 Å². The van der Waals surface area contributed by atoms with Crippen LogP contribution in [0.25, 0.3) is 27.6 Å². The summed E-state index contributed by atoms with van der Waals surface area (Å²) in [7, 11) is 0. The number of para-hydroxylation sites is 1. The molecule has 0 fully saturated rings. The summed E-state index contributed by atoms with van der Waals surface area (Å²) in [5.41, 5.74) is 2.03. The summed E-state index contributed by atoms with van der Waals surface area (Å²) in [6, 6.07) is 15.1. The minimum absolute atomic E-state index is 0.0301. The number of aromatic nitrogens is 5. The molecule has 0 aliphatic carbocycles. The van der Waals surface area contributed by atoms with Gasteiger partial charge in [0.2, 0.25) is 0 Å². The fraction of sp³-hybridized carbons (Fsp3) is 0.130. The van der Waals surface area contributed by atoms with Crippen molar-refractivity contribution in [3.63, 3.8) is 0 Å². The third-order valence-corrected chi connectivity index (χ3v) is 5.26. The Balaban J connectivity index is 1.74. The first-order valence-electron chi connectivity index (χ1n) is 9.98. The van der Waals surface area contributed by atoms with Crippen molar-refractivity contribution >= 4 is 27.8 Å². The predicted molar refractivity (Wildman–Crippen MR) is 118 cm³/mol. The molecule has 3 heterocycles. The fourth-order valence-electron chi connectivity index (χ4n) is 3.75. The molecule has 1 atom stereocenters. The molecular formula is C23H19FN6O. The zero-order valence-electron chi connectivity index (χ0n) is 16.7. The Morgan fingerprint density at radius 1 is 1.10 bits per heavy atom. The summed E-state index contributed by atoms with van der Waals surface area (Å²) < 4.78 is 16.0. The molecule has 0 aliphatic rings. The Hall–Kier alpha value is -4.07. The molecule has 0 bridgehead atoms. The first-order chi connectivity index (χ1) is 15.2. The van der Waals surface area contributed by atoms with Gasteiger partial charge in [0.1, 0.15) is 22.5 Å². The molecule has 0 amide bonds. The summed E-state index contributed by atoms with van der Waals surface area (Å²) in [6.07, 6.45) is 3.90. The van der Waals surface area contributed by atoms with Crippen LogP contribution in [0.4, 0.5) is 10.2 Å². The molecule has 7 nitrogen and oxygen atoms in total. The van der Waals surface area contributed by atoms with Crippen LogP contribution in [-0.2, 0) is 0 Å². The van der Waals surface area contributed by atoms with Gasteiger partial charge >= 0.3 is 0 Å². The highest BCUT2D eigenvalue weighted by Crippen LogP contribution is 2.26. The number of aromatic amines is 1. The summed E-state index contributed by atoms with van der Waals surface area (Å²) >= 11 is 0. The van der Waals surface area contributed by atoms with E-state index in [4.69, 9.17) is 4.98 Å². The number of fused-ring (bicyclic) bond motifs is 2. The number of hydrogen-bond donors (Lipinski definition) is 2. The van der Waals surface area contributed by atoms with Crippen molar-refractivity contribution in [3.05, 3.63) is 89.1 Å². The van der Waals surface area contributed by atoms with E-state index >= 15 is 0 Å². The van der Waals surface area contributed by atoms with Crippen LogP contribution < -0.4 is 10.9 Å². The van der Waals surface area contributed by atoms with E-state index in [1.165, 1.54) is 10.6 Å². The minimum Gasteiger partial charge on any atom is -0.358 e. The van der Waals surface area contributed by atoms with E-state index in [0.29, 0.717) is 34.8 Å². The van der Waals surface area contributed by atoms with Crippen LogP contribution in [0.3, 0.4) is 0 Å². The molecular weight excluding hydrogens is 395 g/mol. The molecule has 5 aromatic rings. The smallest absolute Gasteiger partial charge is 0.269 e. The molecule has 154 valence electrons. The number of rotatable bonds is 5. The number of nitrogens with one attached hydrogen (secondary N) is 2. The van der Waals surface area contributed by atoms with E-state index in [1.54, 1.807) is 36.8 Å². The van der Waals surface area contributed by atoms with E-state index < -0.39 is 11.4 Å². The molecule has 0 spiro atoms. The van der Waals surface area contributed by atoms with Crippen molar-refractivity contribution in [2.24, 2.45) is 0 Å². The Morgan fingerprint density at radius 3 is 2.74 bits per heavy atom. The minimum atomic E-state index is -0.588. The Morgan fingerprint density at radius 2 is 1.94 bits per heavy atom. The maximum Gasteiger partial charge on any atom is 0.269 e. The Kier molecular flexibility index (Phi) is 4.66. The molecule has 2 N–H and O–H groups in total. The number of pyridine rings is 1. The normalized spacial score (nSPS) is 12.3. The maximum absolute atomic E-state index is 14.6. The third-order valence-electron chi connectivity index (χ3n) is 5.26. The number of anilines is 1. The van der Waals surface area contributed by atoms with E-state index in [9.17, 15) is 9.18 Å². The second-order valence-corrected chi connectivity index (χ2v) is 7.14. The standard InChI is InChI=1S/C23H19FN6O/c1-2-16(28-21-20-18(11-12-25-21)26-13-27-20)22-29-17-10-6-9-15(24)19(17)23(31)30(22)14-7-4-3-5-8-14/h3-13,16H,2H2,1H3,(H,25,28)(H,26,27). The molecule has 0 saturated heterocycles. The van der Waals surface area contributed by atoms with Gasteiger partial charge in [-0.2, -0.15) is 0 Å². The molecule has 8 heteroatoms. The van der Waals surface area contributed by atoms with Gasteiger partial charge in [-0.3, -0.25) is 9.36 Å². The highest BCUT2D eigenvalue weighted by atomic mass is 19.1. The molecule has 3 aromatic heterocycles. The van der Waals surface area contributed by atoms with E-state index in [-0.39, 0.29) is 11.4 Å². The monoisotopic (exact) mass is 414 g/mol. The molecule has 2 aromatic carbocycles. The van der Waals surface area contributed by atoms with Crippen LogP contribution in [0.1, 0.15) is 25.2 Å². The molecule has 0 radical (unpaired) electrons. The van der Waals surface area contributed by atoms with Crippen LogP contribution in [0.2, 0.25) is 0 Å². The van der Waals surface area contributed by atoms with Gasteiger partial charge < -0.3 is 10.3 Å². The van der Waals surface area contributed by atoms with E-state index in [2.05, 4.69) is 20.3 Å². The second kappa shape index (κ2) is 7.64. The van der Waals surface area contributed by atoms with Crippen LogP contribution in [0, 0.1) is 5.82 Å². The molecule has 1 unspecified atom stereocenters. The first-order valence-corrected chi connectivity index (χ1v) is 9.98. The van der Waals surface area contributed by atoms with Crippen molar-refractivity contribution in [3.8, 4) is 5.69 Å². The lowest BCUT2D eigenvalue weighted by atomic mass is 10.1. The topological polar surface area (TPSA) is 88.5 Å². The van der Waals surface area contributed by atoms with Crippen molar-refractivity contribution in [1.29, 1.82) is 0 Å². The highest BCUT2D eigenvalue weighted by Gasteiger charge is 2.22. The SMILES string of the molecule is CCC(Nc1nccc2[nH]cnc12)c1nc2cccc(F)c2c(=O)n1-c1ccccc1. The summed E-state index contributed by atoms with van der Waals surface area (Å²) in [5.74, 6) is 0.472. The fourth-order valence-corrected chi connectivity index (χ4v) is 3.75. The van der Waals surface area contributed by atoms with Gasteiger partial charge in [0.25, 0.3) is 5.56 Å². The largest absolute Gasteiger partial charge is 0.358 e. The quantitative estimate of drug-likeness (QED) is 0.446. The maximum atomic E-state index is 14.6. The van der Waals surface area contributed by atoms with Crippen molar-refractivity contribution < 1.29 is 4.39 Å². The van der Waals surface area contributed by atoms with Crippen LogP contribution in [0.15, 0.2) is 71.9 Å². The lowest BCUT2D eigenvalue weighted by Crippen LogP contribution is -2.28. The molecule has 0 aliphatic heterocycles. The van der Waals surface area contributed by atoms with Gasteiger partial charge in [0, 0.05) is 6.20 Å². The molecule has 0 saturated carbocycles. The number of nitrogens with zero attached hydrogens (tertiary/aromatic N) is 4. The van der Waals surface area contributed by atoms with Crippen LogP contribution in [-0.4, -0.2) is 24.5 Å². The average Bonchev–Trinajstić information content (AvgIpc) is 3.27. The van der Waals surface area contributed by atoms with E-state index in [1.807, 2.05) is 31.2 Å². The predicted octanol–water partition coefficient (Wildman–Crippen LogP) is 4.36. The van der Waals surface area contributed by atoms with Gasteiger partial charge in [-0.1, -0.05) is 31.2 Å². The summed E-state index contributed by atoms with van der Waals surface area (Å²) in [4.78, 5) is 30.0. The first kappa shape index (κ1) is 18.9. The van der Waals surface area contributed by atoms with Gasteiger partial charge in [0.15, 0.2) is 5.82 Å². The Labute approximate surface area is 176 Å². The number of H-pyrrole nitrogens is 1. The van der Waals surface area contributed by atoms with E-state index in [0.717, 1.165) is 5.52 Å². The van der Waals surface area contributed by atoms with Gasteiger partial charge in [0.05, 0.1) is 29.1 Å². The number of benzene rings is 2. The van der Waals surface area contributed by atoms with Crippen LogP contribution in [0.5, 0.6) is 0 Å². The third kappa shape index (κ3) is 3.22. The zero-order valence-corrected chi connectivity index (χ0v) is 16.7. The van der Waals surface area contributed by atoms with Crippen molar-refractivity contribution in [1.82, 2.24) is 24.5 Å². The Bertz CT molecular complexity index is 1440. The zero-order chi connectivity index (χ0) is 21.4. The number of hydrogen-bond acceptors (Lipinski definition) is 5. The summed E-state index contributed by atoms with van der Waals surface area (Å²) in [6.45, 7) is 1.99. The number of imidazole rings is 1. The second-order valence-electron chi connectivity index (χ2n) is 7.14. The van der Waals surface area contributed by atoms with Gasteiger partial charge in [-0.15, -0.1) is 0 Å². The highest BCUT2D eigenvalue weighted by molar-refractivity contribution is 5.85. The van der Waals surface area contributed by atoms with Gasteiger partial charge in [-0.25, -0.2) is 19.3 Å². The average molecular weight is 414 g/mol. The summed E-state index contributed by atoms with van der Waals surface area (Å²) in [5, 5.41) is 3.35.